The first-order chi connectivity index (χ1) is 10.8. The zero-order chi connectivity index (χ0) is 17.0. The molecule has 1 aromatic carbocycles. The Labute approximate surface area is 139 Å². The van der Waals surface area contributed by atoms with Crippen molar-refractivity contribution in [2.24, 2.45) is 0 Å². The molecule has 4 nitrogen and oxygen atoms in total. The zero-order valence-corrected chi connectivity index (χ0v) is 14.5. The first-order valence-electron chi connectivity index (χ1n) is 7.51. The molecule has 0 saturated heterocycles. The van der Waals surface area contributed by atoms with Crippen LogP contribution in [0.5, 0.6) is 0 Å². The van der Waals surface area contributed by atoms with E-state index in [-0.39, 0.29) is 22.5 Å². The van der Waals surface area contributed by atoms with E-state index in [1.807, 2.05) is 27.7 Å². The number of benzene rings is 1. The fourth-order valence-electron chi connectivity index (χ4n) is 1.79. The second kappa shape index (κ2) is 7.17. The molecule has 0 aliphatic heterocycles. The van der Waals surface area contributed by atoms with Gasteiger partial charge in [-0.05, 0) is 51.5 Å². The summed E-state index contributed by atoms with van der Waals surface area (Å²) in [4.78, 5) is 16.4. The summed E-state index contributed by atoms with van der Waals surface area (Å²) in [5.41, 5.74) is 0.511. The van der Waals surface area contributed by atoms with Crippen molar-refractivity contribution < 1.29 is 13.6 Å². The number of halogens is 1. The van der Waals surface area contributed by atoms with Gasteiger partial charge in [-0.1, -0.05) is 18.7 Å². The summed E-state index contributed by atoms with van der Waals surface area (Å²) >= 11 is 1.26. The lowest BCUT2D eigenvalue weighted by molar-refractivity contribution is -0.121. The van der Waals surface area contributed by atoms with Gasteiger partial charge in [-0.25, -0.2) is 9.37 Å². The number of amides is 1. The van der Waals surface area contributed by atoms with Gasteiger partial charge in [-0.2, -0.15) is 0 Å². The Bertz CT molecular complexity index is 667. The van der Waals surface area contributed by atoms with Gasteiger partial charge in [0.15, 0.2) is 5.76 Å². The molecule has 0 aliphatic rings. The van der Waals surface area contributed by atoms with E-state index in [1.165, 1.54) is 23.9 Å². The lowest BCUT2D eigenvalue weighted by Crippen LogP contribution is -2.46. The summed E-state index contributed by atoms with van der Waals surface area (Å²) in [6, 6.07) is 6.00. The van der Waals surface area contributed by atoms with E-state index in [4.69, 9.17) is 4.42 Å². The Kier molecular flexibility index (Phi) is 5.46. The Hall–Kier alpha value is -1.82. The predicted molar refractivity (Wildman–Crippen MR) is 89.7 cm³/mol. The summed E-state index contributed by atoms with van der Waals surface area (Å²) in [7, 11) is 0. The van der Waals surface area contributed by atoms with Crippen LogP contribution in [0.3, 0.4) is 0 Å². The third-order valence-electron chi connectivity index (χ3n) is 3.61. The molecule has 2 aromatic rings. The molecule has 0 spiro atoms. The first kappa shape index (κ1) is 17.5. The molecular weight excluding hydrogens is 315 g/mol. The average Bonchev–Trinajstić information content (AvgIpc) is 2.96. The Morgan fingerprint density at radius 2 is 2.04 bits per heavy atom. The van der Waals surface area contributed by atoms with Crippen molar-refractivity contribution in [1.29, 1.82) is 0 Å². The number of rotatable bonds is 6. The highest BCUT2D eigenvalue weighted by Crippen LogP contribution is 2.28. The van der Waals surface area contributed by atoms with Crippen LogP contribution < -0.4 is 5.32 Å². The highest BCUT2D eigenvalue weighted by atomic mass is 32.2. The van der Waals surface area contributed by atoms with Crippen molar-refractivity contribution in [2.75, 3.05) is 0 Å². The van der Waals surface area contributed by atoms with E-state index >= 15 is 0 Å². The van der Waals surface area contributed by atoms with Crippen LogP contribution in [0.4, 0.5) is 4.39 Å². The van der Waals surface area contributed by atoms with Gasteiger partial charge in [0.1, 0.15) is 5.82 Å². The number of hydrogen-bond donors (Lipinski definition) is 1. The van der Waals surface area contributed by atoms with E-state index in [0.29, 0.717) is 11.0 Å². The SMILES string of the molecule is CCC(C)(C)NC(=O)C(C)Sc1ncc(-c2ccc(F)cc2)o1. The molecule has 1 atom stereocenters. The lowest BCUT2D eigenvalue weighted by atomic mass is 10.0. The van der Waals surface area contributed by atoms with Crippen LogP contribution in [-0.2, 0) is 4.79 Å². The lowest BCUT2D eigenvalue weighted by Gasteiger charge is -2.25. The fraction of sp³-hybridized carbons (Fsp3) is 0.412. The monoisotopic (exact) mass is 336 g/mol. The van der Waals surface area contributed by atoms with Crippen LogP contribution in [0.2, 0.25) is 0 Å². The number of thioether (sulfide) groups is 1. The van der Waals surface area contributed by atoms with Crippen molar-refractivity contribution in [3.63, 3.8) is 0 Å². The minimum absolute atomic E-state index is 0.0524. The van der Waals surface area contributed by atoms with Crippen molar-refractivity contribution in [3.8, 4) is 11.3 Å². The number of carbonyl (C=O) groups is 1. The maximum atomic E-state index is 12.9. The fourth-order valence-corrected chi connectivity index (χ4v) is 2.51. The van der Waals surface area contributed by atoms with Gasteiger partial charge in [0.25, 0.3) is 5.22 Å². The van der Waals surface area contributed by atoms with Gasteiger partial charge < -0.3 is 9.73 Å². The molecule has 124 valence electrons. The maximum absolute atomic E-state index is 12.9. The summed E-state index contributed by atoms with van der Waals surface area (Å²) in [6.07, 6.45) is 2.43. The van der Waals surface area contributed by atoms with Gasteiger partial charge in [0.2, 0.25) is 5.91 Å². The molecule has 23 heavy (non-hydrogen) atoms. The number of aromatic nitrogens is 1. The summed E-state index contributed by atoms with van der Waals surface area (Å²) in [6.45, 7) is 7.81. The van der Waals surface area contributed by atoms with Crippen LogP contribution in [0, 0.1) is 5.82 Å². The van der Waals surface area contributed by atoms with E-state index in [9.17, 15) is 9.18 Å². The van der Waals surface area contributed by atoms with Crippen molar-refractivity contribution in [2.45, 2.75) is 50.1 Å². The minimum atomic E-state index is -0.319. The highest BCUT2D eigenvalue weighted by Gasteiger charge is 2.23. The maximum Gasteiger partial charge on any atom is 0.256 e. The minimum Gasteiger partial charge on any atom is -0.431 e. The second-order valence-corrected chi connectivity index (χ2v) is 7.28. The molecule has 0 saturated carbocycles. The van der Waals surface area contributed by atoms with Gasteiger partial charge >= 0.3 is 0 Å². The predicted octanol–water partition coefficient (Wildman–Crippen LogP) is 4.27. The standard InChI is InChI=1S/C17H21FN2O2S/c1-5-17(3,4)20-15(21)11(2)23-16-19-10-14(22-16)12-6-8-13(18)9-7-12/h6-11H,5H2,1-4H3,(H,20,21). The summed E-state index contributed by atoms with van der Waals surface area (Å²) in [5.74, 6) is 0.198. The van der Waals surface area contributed by atoms with Gasteiger partial charge in [0, 0.05) is 11.1 Å². The molecular formula is C17H21FN2O2S. The van der Waals surface area contributed by atoms with Crippen LogP contribution in [-0.4, -0.2) is 21.7 Å². The van der Waals surface area contributed by atoms with E-state index in [1.54, 1.807) is 18.3 Å². The Balaban J connectivity index is 2.01. The van der Waals surface area contributed by atoms with Crippen molar-refractivity contribution in [1.82, 2.24) is 10.3 Å². The quantitative estimate of drug-likeness (QED) is 0.801. The van der Waals surface area contributed by atoms with Crippen LogP contribution in [0.15, 0.2) is 40.1 Å². The summed E-state index contributed by atoms with van der Waals surface area (Å²) < 4.78 is 18.6. The topological polar surface area (TPSA) is 55.1 Å². The molecule has 1 unspecified atom stereocenters. The molecule has 0 radical (unpaired) electrons. The van der Waals surface area contributed by atoms with Gasteiger partial charge in [0.05, 0.1) is 11.4 Å². The molecule has 0 fully saturated rings. The molecule has 1 aromatic heterocycles. The van der Waals surface area contributed by atoms with Crippen LogP contribution in [0.1, 0.15) is 34.1 Å². The van der Waals surface area contributed by atoms with E-state index in [2.05, 4.69) is 10.3 Å². The second-order valence-electron chi connectivity index (χ2n) is 5.98. The number of hydrogen-bond acceptors (Lipinski definition) is 4. The largest absolute Gasteiger partial charge is 0.431 e. The van der Waals surface area contributed by atoms with Gasteiger partial charge in [-0.3, -0.25) is 4.79 Å². The first-order valence-corrected chi connectivity index (χ1v) is 8.39. The molecule has 2 rings (SSSR count). The third kappa shape index (κ3) is 4.82. The zero-order valence-electron chi connectivity index (χ0n) is 13.7. The third-order valence-corrected chi connectivity index (χ3v) is 4.56. The molecule has 1 amide bonds. The average molecular weight is 336 g/mol. The van der Waals surface area contributed by atoms with Crippen molar-refractivity contribution >= 4 is 17.7 Å². The summed E-state index contributed by atoms with van der Waals surface area (Å²) in [5, 5.41) is 3.10. The molecule has 0 aliphatic carbocycles. The molecule has 6 heteroatoms. The number of oxazole rings is 1. The van der Waals surface area contributed by atoms with Crippen LogP contribution in [0.25, 0.3) is 11.3 Å². The Morgan fingerprint density at radius 3 is 2.65 bits per heavy atom. The van der Waals surface area contributed by atoms with Crippen LogP contribution >= 0.6 is 11.8 Å². The van der Waals surface area contributed by atoms with E-state index in [0.717, 1.165) is 12.0 Å². The van der Waals surface area contributed by atoms with Gasteiger partial charge in [-0.15, -0.1) is 0 Å². The van der Waals surface area contributed by atoms with E-state index < -0.39 is 0 Å². The van der Waals surface area contributed by atoms with Crippen molar-refractivity contribution in [3.05, 3.63) is 36.3 Å². The smallest absolute Gasteiger partial charge is 0.256 e. The molecule has 0 bridgehead atoms. The highest BCUT2D eigenvalue weighted by molar-refractivity contribution is 8.00. The number of nitrogens with one attached hydrogen (secondary N) is 1. The Morgan fingerprint density at radius 1 is 1.39 bits per heavy atom. The molecule has 1 heterocycles. The molecule has 1 N–H and O–H groups in total. The number of carbonyl (C=O) groups excluding carboxylic acids is 1. The normalized spacial score (nSPS) is 12.9. The number of nitrogens with zero attached hydrogens (tertiary/aromatic N) is 1.